The Labute approximate surface area is 114 Å². The summed E-state index contributed by atoms with van der Waals surface area (Å²) in [5, 5.41) is 2.00. The van der Waals surface area contributed by atoms with E-state index in [0.29, 0.717) is 6.42 Å². The lowest BCUT2D eigenvalue weighted by Crippen LogP contribution is -2.18. The smallest absolute Gasteiger partial charge is 0.159 e. The third-order valence-corrected chi connectivity index (χ3v) is 4.60. The van der Waals surface area contributed by atoms with Gasteiger partial charge >= 0.3 is 0 Å². The fourth-order valence-electron chi connectivity index (χ4n) is 2.05. The summed E-state index contributed by atoms with van der Waals surface area (Å²) in [5.74, 6) is 0.491. The molecule has 0 amide bonds. The molecular weight excluding hydrogens is 298 g/mol. The van der Waals surface area contributed by atoms with Gasteiger partial charge in [-0.25, -0.2) is 4.98 Å². The second kappa shape index (κ2) is 4.86. The number of aromatic nitrogens is 1. The topological polar surface area (TPSA) is 30.0 Å². The van der Waals surface area contributed by atoms with Gasteiger partial charge in [0.05, 0.1) is 5.69 Å². The fraction of sp³-hybridized carbons (Fsp3) is 0.385. The highest BCUT2D eigenvalue weighted by Gasteiger charge is 2.27. The van der Waals surface area contributed by atoms with Crippen LogP contribution < -0.4 is 0 Å². The van der Waals surface area contributed by atoms with Gasteiger partial charge < -0.3 is 0 Å². The van der Waals surface area contributed by atoms with Crippen molar-refractivity contribution in [1.29, 1.82) is 0 Å². The Morgan fingerprint density at radius 3 is 2.82 bits per heavy atom. The summed E-state index contributed by atoms with van der Waals surface area (Å²) in [6.45, 7) is 7.87. The number of rotatable bonds is 2. The number of nitrogens with zero attached hydrogens (tertiary/aromatic N) is 1. The van der Waals surface area contributed by atoms with Gasteiger partial charge in [0.1, 0.15) is 0 Å². The molecule has 0 spiro atoms. The molecule has 1 aromatic rings. The second-order valence-electron chi connectivity index (χ2n) is 4.46. The van der Waals surface area contributed by atoms with Crippen molar-refractivity contribution in [2.45, 2.75) is 26.7 Å². The molecule has 0 aliphatic heterocycles. The number of halogens is 1. The monoisotopic (exact) mass is 311 g/mol. The van der Waals surface area contributed by atoms with E-state index in [1.807, 2.05) is 19.2 Å². The molecule has 2 rings (SSSR count). The highest BCUT2D eigenvalue weighted by molar-refractivity contribution is 9.11. The molecule has 90 valence electrons. The van der Waals surface area contributed by atoms with Crippen LogP contribution in [0.1, 0.15) is 32.4 Å². The van der Waals surface area contributed by atoms with Crippen molar-refractivity contribution < 1.29 is 4.79 Å². The third-order valence-electron chi connectivity index (χ3n) is 3.24. The van der Waals surface area contributed by atoms with Crippen LogP contribution in [0.25, 0.3) is 5.57 Å². The molecule has 1 heterocycles. The molecule has 1 atom stereocenters. The molecule has 0 bridgehead atoms. The first-order valence-electron chi connectivity index (χ1n) is 5.48. The maximum absolute atomic E-state index is 12.0. The Hall–Kier alpha value is -0.740. The van der Waals surface area contributed by atoms with E-state index < -0.39 is 0 Å². The number of thiazole rings is 1. The lowest BCUT2D eigenvalue weighted by molar-refractivity contribution is -0.116. The van der Waals surface area contributed by atoms with Gasteiger partial charge in [-0.05, 0) is 53.3 Å². The predicted octanol–water partition coefficient (Wildman–Crippen LogP) is 4.23. The van der Waals surface area contributed by atoms with Crippen molar-refractivity contribution in [2.24, 2.45) is 5.92 Å². The largest absolute Gasteiger partial charge is 0.295 e. The summed E-state index contributed by atoms with van der Waals surface area (Å²) in [7, 11) is 0. The lowest BCUT2D eigenvalue weighted by atomic mass is 9.79. The van der Waals surface area contributed by atoms with E-state index in [1.165, 1.54) is 0 Å². The molecule has 0 N–H and O–H groups in total. The van der Waals surface area contributed by atoms with Gasteiger partial charge in [-0.15, -0.1) is 11.3 Å². The third kappa shape index (κ3) is 2.58. The van der Waals surface area contributed by atoms with Crippen molar-refractivity contribution in [3.8, 4) is 0 Å². The number of carbonyl (C=O) groups excluding carboxylic acids is 1. The van der Waals surface area contributed by atoms with E-state index in [4.69, 9.17) is 0 Å². The Balaban J connectivity index is 2.40. The number of ketones is 1. The van der Waals surface area contributed by atoms with Crippen molar-refractivity contribution >= 4 is 38.6 Å². The van der Waals surface area contributed by atoms with Gasteiger partial charge in [-0.3, -0.25) is 4.79 Å². The van der Waals surface area contributed by atoms with E-state index in [2.05, 4.69) is 27.5 Å². The minimum atomic E-state index is 0.225. The highest BCUT2D eigenvalue weighted by atomic mass is 79.9. The van der Waals surface area contributed by atoms with Crippen LogP contribution in [0.4, 0.5) is 0 Å². The first-order chi connectivity index (χ1) is 7.99. The molecule has 0 saturated heterocycles. The summed E-state index contributed by atoms with van der Waals surface area (Å²) in [5.41, 5.74) is 3.95. The molecular formula is C13H14BrNOS. The van der Waals surface area contributed by atoms with Crippen molar-refractivity contribution in [3.05, 3.63) is 32.7 Å². The van der Waals surface area contributed by atoms with Gasteiger partial charge in [-0.1, -0.05) is 12.2 Å². The number of carbonyl (C=O) groups is 1. The SMILES string of the molecule is C=C(C)C1CC(=O)C(C)=C(c2csc(Br)n2)C1. The minimum Gasteiger partial charge on any atom is -0.295 e. The minimum absolute atomic E-state index is 0.225. The van der Waals surface area contributed by atoms with Crippen LogP contribution in [-0.2, 0) is 4.79 Å². The lowest BCUT2D eigenvalue weighted by Gasteiger charge is -2.24. The molecule has 1 aliphatic rings. The van der Waals surface area contributed by atoms with Gasteiger partial charge in [0.15, 0.2) is 9.70 Å². The highest BCUT2D eigenvalue weighted by Crippen LogP contribution is 2.37. The average molecular weight is 312 g/mol. The van der Waals surface area contributed by atoms with Crippen molar-refractivity contribution in [3.63, 3.8) is 0 Å². The van der Waals surface area contributed by atoms with E-state index in [9.17, 15) is 4.79 Å². The first-order valence-corrected chi connectivity index (χ1v) is 7.16. The zero-order chi connectivity index (χ0) is 12.6. The number of hydrogen-bond donors (Lipinski definition) is 0. The number of Topliss-reactive ketones (excluding diaryl/α,β-unsaturated/α-hetero) is 1. The fourth-order valence-corrected chi connectivity index (χ4v) is 3.08. The van der Waals surface area contributed by atoms with Crippen LogP contribution in [-0.4, -0.2) is 10.8 Å². The predicted molar refractivity (Wildman–Crippen MR) is 75.0 cm³/mol. The molecule has 0 saturated carbocycles. The Kier molecular flexibility index (Phi) is 3.64. The van der Waals surface area contributed by atoms with E-state index in [1.54, 1.807) is 11.3 Å². The molecule has 4 heteroatoms. The van der Waals surface area contributed by atoms with E-state index in [-0.39, 0.29) is 11.7 Å². The second-order valence-corrected chi connectivity index (χ2v) is 6.60. The zero-order valence-electron chi connectivity index (χ0n) is 9.92. The maximum Gasteiger partial charge on any atom is 0.159 e. The van der Waals surface area contributed by atoms with Crippen molar-refractivity contribution in [1.82, 2.24) is 4.98 Å². The average Bonchev–Trinajstić information content (AvgIpc) is 2.68. The van der Waals surface area contributed by atoms with Gasteiger partial charge in [-0.2, -0.15) is 0 Å². The number of hydrogen-bond acceptors (Lipinski definition) is 3. The molecule has 2 nitrogen and oxygen atoms in total. The summed E-state index contributed by atoms with van der Waals surface area (Å²) < 4.78 is 0.859. The quantitative estimate of drug-likeness (QED) is 0.765. The van der Waals surface area contributed by atoms with Crippen LogP contribution in [0.15, 0.2) is 27.0 Å². The molecule has 0 aromatic carbocycles. The van der Waals surface area contributed by atoms with Crippen LogP contribution in [0.3, 0.4) is 0 Å². The van der Waals surface area contributed by atoms with Crippen LogP contribution in [0.5, 0.6) is 0 Å². The van der Waals surface area contributed by atoms with E-state index in [0.717, 1.165) is 32.8 Å². The summed E-state index contributed by atoms with van der Waals surface area (Å²) in [6, 6.07) is 0. The van der Waals surface area contributed by atoms with Crippen LogP contribution in [0.2, 0.25) is 0 Å². The zero-order valence-corrected chi connectivity index (χ0v) is 12.3. The summed E-state index contributed by atoms with van der Waals surface area (Å²) >= 11 is 4.91. The van der Waals surface area contributed by atoms with Gasteiger partial charge in [0, 0.05) is 11.8 Å². The Morgan fingerprint density at radius 2 is 2.29 bits per heavy atom. The molecule has 1 aliphatic carbocycles. The molecule has 0 radical (unpaired) electrons. The molecule has 0 fully saturated rings. The Morgan fingerprint density at radius 1 is 1.59 bits per heavy atom. The molecule has 1 aromatic heterocycles. The molecule has 17 heavy (non-hydrogen) atoms. The summed E-state index contributed by atoms with van der Waals surface area (Å²) in [6.07, 6.45) is 1.47. The van der Waals surface area contributed by atoms with Crippen LogP contribution in [0, 0.1) is 5.92 Å². The standard InChI is InChI=1S/C13H14BrNOS/c1-7(2)9-4-10(8(3)12(16)5-9)11-6-17-13(14)15-11/h6,9H,1,4-5H2,2-3H3. The van der Waals surface area contributed by atoms with Gasteiger partial charge in [0.25, 0.3) is 0 Å². The summed E-state index contributed by atoms with van der Waals surface area (Å²) in [4.78, 5) is 16.4. The normalized spacial score (nSPS) is 20.9. The van der Waals surface area contributed by atoms with Crippen LogP contribution >= 0.6 is 27.3 Å². The Bertz CT molecular complexity index is 515. The first kappa shape index (κ1) is 12.7. The van der Waals surface area contributed by atoms with Gasteiger partial charge in [0.2, 0.25) is 0 Å². The van der Waals surface area contributed by atoms with E-state index >= 15 is 0 Å². The molecule has 1 unspecified atom stereocenters. The van der Waals surface area contributed by atoms with Crippen molar-refractivity contribution in [2.75, 3.05) is 0 Å². The number of allylic oxidation sites excluding steroid dienone is 3. The maximum atomic E-state index is 12.0.